The van der Waals surface area contributed by atoms with Crippen LogP contribution in [0.5, 0.6) is 0 Å². The SMILES string of the molecule is CCCCCC/C=C\C/C=C\CCCCCCCC(=O)OCCCCCCCCCCCCCCCCCCCCCCCCCCCCC(=O)NC(CO)C(O)CCCCCCCCCCCCCCCCC. The van der Waals surface area contributed by atoms with Gasteiger partial charge < -0.3 is 20.3 Å². The van der Waals surface area contributed by atoms with Crippen LogP contribution < -0.4 is 5.32 Å². The lowest BCUT2D eigenvalue weighted by Crippen LogP contribution is -2.45. The molecular formula is C68H131NO5. The molecule has 0 rings (SSSR count). The highest BCUT2D eigenvalue weighted by atomic mass is 16.5. The van der Waals surface area contributed by atoms with Gasteiger partial charge in [0.15, 0.2) is 0 Å². The highest BCUT2D eigenvalue weighted by molar-refractivity contribution is 5.76. The molecule has 0 aromatic heterocycles. The maximum absolute atomic E-state index is 12.5. The molecule has 0 radical (unpaired) electrons. The van der Waals surface area contributed by atoms with E-state index in [1.54, 1.807) is 0 Å². The molecule has 0 aliphatic carbocycles. The van der Waals surface area contributed by atoms with Crippen LogP contribution >= 0.6 is 0 Å². The molecule has 0 fully saturated rings. The summed E-state index contributed by atoms with van der Waals surface area (Å²) in [5.74, 6) is -0.0259. The number of allylic oxidation sites excluding steroid dienone is 4. The Labute approximate surface area is 462 Å². The first-order valence-corrected chi connectivity index (χ1v) is 33.6. The van der Waals surface area contributed by atoms with Crippen molar-refractivity contribution in [3.05, 3.63) is 24.3 Å². The highest BCUT2D eigenvalue weighted by Gasteiger charge is 2.20. The number of rotatable bonds is 63. The summed E-state index contributed by atoms with van der Waals surface area (Å²) in [5.41, 5.74) is 0. The predicted molar refractivity (Wildman–Crippen MR) is 324 cm³/mol. The number of carbonyl (C=O) groups excluding carboxylic acids is 2. The molecule has 6 heteroatoms. The van der Waals surface area contributed by atoms with Gasteiger partial charge in [0, 0.05) is 12.8 Å². The summed E-state index contributed by atoms with van der Waals surface area (Å²) in [5, 5.41) is 23.3. The molecule has 438 valence electrons. The smallest absolute Gasteiger partial charge is 0.305 e. The Morgan fingerprint density at radius 1 is 0.378 bits per heavy atom. The first-order valence-electron chi connectivity index (χ1n) is 33.6. The second-order valence-corrected chi connectivity index (χ2v) is 23.2. The molecule has 1 amide bonds. The average molecular weight is 1040 g/mol. The van der Waals surface area contributed by atoms with Gasteiger partial charge in [-0.1, -0.05) is 327 Å². The van der Waals surface area contributed by atoms with Crippen molar-refractivity contribution in [3.63, 3.8) is 0 Å². The molecule has 0 aromatic rings. The van der Waals surface area contributed by atoms with Crippen LogP contribution in [-0.4, -0.2) is 47.4 Å². The number of hydrogen-bond acceptors (Lipinski definition) is 5. The third kappa shape index (κ3) is 59.6. The molecular weight excluding hydrogens is 911 g/mol. The Balaban J connectivity index is 3.35. The van der Waals surface area contributed by atoms with Crippen molar-refractivity contribution in [2.24, 2.45) is 0 Å². The maximum Gasteiger partial charge on any atom is 0.305 e. The lowest BCUT2D eigenvalue weighted by molar-refractivity contribution is -0.143. The zero-order chi connectivity index (χ0) is 53.6. The molecule has 0 saturated carbocycles. The van der Waals surface area contributed by atoms with Crippen molar-refractivity contribution < 1.29 is 24.5 Å². The standard InChI is InChI=1S/C68H131NO5/c1-3-5-7-9-11-13-15-17-19-34-38-42-46-50-54-58-62-68(73)74-63-59-55-51-47-43-39-35-31-29-27-25-23-21-20-22-24-26-28-30-33-37-41-45-49-53-57-61-67(72)69-65(64-70)66(71)60-56-52-48-44-40-36-32-18-16-14-12-10-8-6-4-2/h13,15,19,34,65-66,70-71H,3-12,14,16-18,20-33,35-64H2,1-2H3,(H,69,72)/b15-13-,34-19-. The molecule has 0 aliphatic rings. The van der Waals surface area contributed by atoms with Crippen LogP contribution in [0.25, 0.3) is 0 Å². The Kier molecular flexibility index (Phi) is 62.4. The second kappa shape index (κ2) is 63.9. The monoisotopic (exact) mass is 1040 g/mol. The van der Waals surface area contributed by atoms with E-state index < -0.39 is 12.1 Å². The van der Waals surface area contributed by atoms with Gasteiger partial charge in [0.25, 0.3) is 0 Å². The molecule has 0 aliphatic heterocycles. The molecule has 2 atom stereocenters. The third-order valence-electron chi connectivity index (χ3n) is 15.8. The fourth-order valence-electron chi connectivity index (χ4n) is 10.6. The number of hydrogen-bond donors (Lipinski definition) is 3. The molecule has 2 unspecified atom stereocenters. The van der Waals surface area contributed by atoms with Crippen LogP contribution in [0, 0.1) is 0 Å². The van der Waals surface area contributed by atoms with Crippen LogP contribution in [0.3, 0.4) is 0 Å². The summed E-state index contributed by atoms with van der Waals surface area (Å²) in [7, 11) is 0. The van der Waals surface area contributed by atoms with E-state index in [2.05, 4.69) is 43.5 Å². The van der Waals surface area contributed by atoms with E-state index in [-0.39, 0.29) is 18.5 Å². The van der Waals surface area contributed by atoms with E-state index in [0.29, 0.717) is 25.9 Å². The lowest BCUT2D eigenvalue weighted by atomic mass is 10.0. The highest BCUT2D eigenvalue weighted by Crippen LogP contribution is 2.19. The van der Waals surface area contributed by atoms with Crippen molar-refractivity contribution >= 4 is 11.9 Å². The summed E-state index contributed by atoms with van der Waals surface area (Å²) in [6, 6.07) is -0.539. The lowest BCUT2D eigenvalue weighted by Gasteiger charge is -2.22. The number of carbonyl (C=O) groups is 2. The largest absolute Gasteiger partial charge is 0.466 e. The second-order valence-electron chi connectivity index (χ2n) is 23.2. The van der Waals surface area contributed by atoms with E-state index in [1.165, 1.54) is 289 Å². The van der Waals surface area contributed by atoms with Crippen LogP contribution in [0.4, 0.5) is 0 Å². The van der Waals surface area contributed by atoms with Gasteiger partial charge in [-0.2, -0.15) is 0 Å². The predicted octanol–water partition coefficient (Wildman–Crippen LogP) is 21.4. The maximum atomic E-state index is 12.5. The Bertz CT molecular complexity index is 1150. The number of aliphatic hydroxyl groups is 2. The van der Waals surface area contributed by atoms with Gasteiger partial charge in [0.1, 0.15) is 0 Å². The van der Waals surface area contributed by atoms with Crippen molar-refractivity contribution in [2.45, 2.75) is 386 Å². The van der Waals surface area contributed by atoms with Gasteiger partial charge in [0.05, 0.1) is 25.4 Å². The van der Waals surface area contributed by atoms with E-state index in [1.807, 2.05) is 0 Å². The average Bonchev–Trinajstić information content (AvgIpc) is 3.40. The van der Waals surface area contributed by atoms with E-state index in [0.717, 1.165) is 51.4 Å². The van der Waals surface area contributed by atoms with Crippen molar-refractivity contribution in [2.75, 3.05) is 13.2 Å². The third-order valence-corrected chi connectivity index (χ3v) is 15.8. The Morgan fingerprint density at radius 3 is 1.04 bits per heavy atom. The van der Waals surface area contributed by atoms with E-state index in [4.69, 9.17) is 4.74 Å². The summed E-state index contributed by atoms with van der Waals surface area (Å²) in [6.45, 7) is 4.96. The minimum atomic E-state index is -0.662. The zero-order valence-corrected chi connectivity index (χ0v) is 50.1. The van der Waals surface area contributed by atoms with Crippen molar-refractivity contribution in [1.29, 1.82) is 0 Å². The van der Waals surface area contributed by atoms with Crippen LogP contribution in [0.15, 0.2) is 24.3 Å². The van der Waals surface area contributed by atoms with Crippen molar-refractivity contribution in [3.8, 4) is 0 Å². The quantitative estimate of drug-likeness (QED) is 0.0320. The molecule has 3 N–H and O–H groups in total. The molecule has 0 bridgehead atoms. The molecule has 0 heterocycles. The molecule has 6 nitrogen and oxygen atoms in total. The normalized spacial score (nSPS) is 12.6. The fourth-order valence-corrected chi connectivity index (χ4v) is 10.6. The fraction of sp³-hybridized carbons (Fsp3) is 0.912. The van der Waals surface area contributed by atoms with Crippen LogP contribution in [0.1, 0.15) is 373 Å². The van der Waals surface area contributed by atoms with Gasteiger partial charge >= 0.3 is 5.97 Å². The van der Waals surface area contributed by atoms with Gasteiger partial charge in [-0.25, -0.2) is 0 Å². The Hall–Kier alpha value is -1.66. The molecule has 0 spiro atoms. The summed E-state index contributed by atoms with van der Waals surface area (Å²) < 4.78 is 5.49. The van der Waals surface area contributed by atoms with Crippen LogP contribution in [-0.2, 0) is 14.3 Å². The zero-order valence-electron chi connectivity index (χ0n) is 50.1. The first-order chi connectivity index (χ1) is 36.5. The van der Waals surface area contributed by atoms with Crippen LogP contribution in [0.2, 0.25) is 0 Å². The van der Waals surface area contributed by atoms with Gasteiger partial charge in [-0.05, 0) is 57.8 Å². The minimum absolute atomic E-state index is 0.00436. The summed E-state index contributed by atoms with van der Waals surface area (Å²) >= 11 is 0. The van der Waals surface area contributed by atoms with Gasteiger partial charge in [0.2, 0.25) is 5.91 Å². The number of aliphatic hydroxyl groups excluding tert-OH is 2. The summed E-state index contributed by atoms with van der Waals surface area (Å²) in [6.07, 6.45) is 79.2. The minimum Gasteiger partial charge on any atom is -0.466 e. The van der Waals surface area contributed by atoms with E-state index in [9.17, 15) is 19.8 Å². The number of unbranched alkanes of at least 4 members (excludes halogenated alkanes) is 48. The number of esters is 1. The van der Waals surface area contributed by atoms with Gasteiger partial charge in [-0.15, -0.1) is 0 Å². The number of amides is 1. The number of ether oxygens (including phenoxy) is 1. The first kappa shape index (κ1) is 72.3. The topological polar surface area (TPSA) is 95.9 Å². The Morgan fingerprint density at radius 2 is 0.676 bits per heavy atom. The molecule has 0 saturated heterocycles. The number of nitrogens with one attached hydrogen (secondary N) is 1. The molecule has 74 heavy (non-hydrogen) atoms. The summed E-state index contributed by atoms with van der Waals surface area (Å²) in [4.78, 5) is 24.6. The van der Waals surface area contributed by atoms with Crippen molar-refractivity contribution in [1.82, 2.24) is 5.32 Å². The van der Waals surface area contributed by atoms with E-state index >= 15 is 0 Å². The van der Waals surface area contributed by atoms with Gasteiger partial charge in [-0.3, -0.25) is 9.59 Å². The molecule has 0 aromatic carbocycles.